The fourth-order valence-corrected chi connectivity index (χ4v) is 2.46. The number of aliphatic hydroxyl groups is 1. The second kappa shape index (κ2) is 5.72. The van der Waals surface area contributed by atoms with E-state index in [1.165, 1.54) is 12.8 Å². The molecule has 0 bridgehead atoms. The Morgan fingerprint density at radius 3 is 2.50 bits per heavy atom. The summed E-state index contributed by atoms with van der Waals surface area (Å²) in [6.07, 6.45) is 5.26. The van der Waals surface area contributed by atoms with Gasteiger partial charge in [-0.2, -0.15) is 0 Å². The Balaban J connectivity index is 2.43. The minimum absolute atomic E-state index is 0.286. The zero-order chi connectivity index (χ0) is 10.6. The minimum Gasteiger partial charge on any atom is -0.396 e. The molecule has 1 aliphatic rings. The number of ether oxygens (including phenoxy) is 1. The molecule has 0 amide bonds. The quantitative estimate of drug-likeness (QED) is 0.739. The van der Waals surface area contributed by atoms with Crippen LogP contribution in [-0.4, -0.2) is 23.9 Å². The third-order valence-corrected chi connectivity index (χ3v) is 3.56. The Labute approximate surface area is 87.7 Å². The highest BCUT2D eigenvalue weighted by Crippen LogP contribution is 2.34. The highest BCUT2D eigenvalue weighted by Gasteiger charge is 2.35. The lowest BCUT2D eigenvalue weighted by Crippen LogP contribution is -2.19. The van der Waals surface area contributed by atoms with E-state index in [1.807, 2.05) is 0 Å². The SMILES string of the molecule is CCC1CC(C(C)CCO)OC1CC. The van der Waals surface area contributed by atoms with Crippen LogP contribution in [0.1, 0.15) is 46.5 Å². The maximum Gasteiger partial charge on any atom is 0.0609 e. The predicted molar refractivity (Wildman–Crippen MR) is 58.2 cm³/mol. The first-order valence-corrected chi connectivity index (χ1v) is 5.99. The summed E-state index contributed by atoms with van der Waals surface area (Å²) in [6, 6.07) is 0. The molecule has 1 aliphatic heterocycles. The topological polar surface area (TPSA) is 29.5 Å². The molecular formula is C12H24O2. The molecule has 1 saturated heterocycles. The fraction of sp³-hybridized carbons (Fsp3) is 1.00. The summed E-state index contributed by atoms with van der Waals surface area (Å²) in [4.78, 5) is 0. The first kappa shape index (κ1) is 12.0. The lowest BCUT2D eigenvalue weighted by Gasteiger charge is -2.18. The summed E-state index contributed by atoms with van der Waals surface area (Å²) in [5.74, 6) is 1.25. The van der Waals surface area contributed by atoms with Crippen LogP contribution in [0.5, 0.6) is 0 Å². The predicted octanol–water partition coefficient (Wildman–Crippen LogP) is 2.60. The maximum absolute atomic E-state index is 8.89. The van der Waals surface area contributed by atoms with Crippen molar-refractivity contribution in [2.24, 2.45) is 11.8 Å². The largest absolute Gasteiger partial charge is 0.396 e. The monoisotopic (exact) mass is 200 g/mol. The van der Waals surface area contributed by atoms with Crippen molar-refractivity contribution in [3.63, 3.8) is 0 Å². The molecule has 0 aliphatic carbocycles. The first-order valence-electron chi connectivity index (χ1n) is 5.99. The van der Waals surface area contributed by atoms with Gasteiger partial charge in [-0.1, -0.05) is 27.2 Å². The van der Waals surface area contributed by atoms with E-state index in [1.54, 1.807) is 0 Å². The number of hydrogen-bond acceptors (Lipinski definition) is 2. The average Bonchev–Trinajstić information content (AvgIpc) is 2.61. The molecule has 84 valence electrons. The molecule has 1 fully saturated rings. The molecule has 1 N–H and O–H groups in total. The number of aliphatic hydroxyl groups excluding tert-OH is 1. The van der Waals surface area contributed by atoms with Crippen LogP contribution in [-0.2, 0) is 4.74 Å². The molecule has 14 heavy (non-hydrogen) atoms. The van der Waals surface area contributed by atoms with Crippen LogP contribution in [0.3, 0.4) is 0 Å². The van der Waals surface area contributed by atoms with Crippen molar-refractivity contribution in [3.05, 3.63) is 0 Å². The van der Waals surface area contributed by atoms with E-state index in [4.69, 9.17) is 9.84 Å². The van der Waals surface area contributed by atoms with E-state index in [2.05, 4.69) is 20.8 Å². The van der Waals surface area contributed by atoms with E-state index in [0.29, 0.717) is 18.1 Å². The number of hydrogen-bond donors (Lipinski definition) is 1. The normalized spacial score (nSPS) is 34.7. The second-order valence-electron chi connectivity index (χ2n) is 4.51. The van der Waals surface area contributed by atoms with Crippen LogP contribution in [0, 0.1) is 11.8 Å². The van der Waals surface area contributed by atoms with Crippen molar-refractivity contribution < 1.29 is 9.84 Å². The Hall–Kier alpha value is -0.0800. The molecule has 2 nitrogen and oxygen atoms in total. The minimum atomic E-state index is 0.286. The van der Waals surface area contributed by atoms with Gasteiger partial charge in [-0.25, -0.2) is 0 Å². The second-order valence-corrected chi connectivity index (χ2v) is 4.51. The first-order chi connectivity index (χ1) is 6.72. The summed E-state index contributed by atoms with van der Waals surface area (Å²) in [5.41, 5.74) is 0. The molecule has 1 rings (SSSR count). The molecule has 0 radical (unpaired) electrons. The zero-order valence-electron chi connectivity index (χ0n) is 9.70. The van der Waals surface area contributed by atoms with Gasteiger partial charge in [0.2, 0.25) is 0 Å². The zero-order valence-corrected chi connectivity index (χ0v) is 9.70. The lowest BCUT2D eigenvalue weighted by molar-refractivity contribution is 0.000668. The van der Waals surface area contributed by atoms with Crippen LogP contribution in [0.25, 0.3) is 0 Å². The van der Waals surface area contributed by atoms with Gasteiger partial charge in [0.25, 0.3) is 0 Å². The number of rotatable bonds is 5. The Kier molecular flexibility index (Phi) is 4.90. The van der Waals surface area contributed by atoms with Gasteiger partial charge in [-0.05, 0) is 31.1 Å². The van der Waals surface area contributed by atoms with Gasteiger partial charge in [0, 0.05) is 6.61 Å². The molecule has 0 aromatic heterocycles. The molecule has 0 aromatic carbocycles. The highest BCUT2D eigenvalue weighted by atomic mass is 16.5. The third-order valence-electron chi connectivity index (χ3n) is 3.56. The van der Waals surface area contributed by atoms with Crippen LogP contribution >= 0.6 is 0 Å². The van der Waals surface area contributed by atoms with Crippen molar-refractivity contribution >= 4 is 0 Å². The Morgan fingerprint density at radius 1 is 1.36 bits per heavy atom. The fourth-order valence-electron chi connectivity index (χ4n) is 2.46. The van der Waals surface area contributed by atoms with E-state index >= 15 is 0 Å². The third kappa shape index (κ3) is 2.71. The molecule has 1 heterocycles. The van der Waals surface area contributed by atoms with Gasteiger partial charge in [0.15, 0.2) is 0 Å². The molecule has 0 saturated carbocycles. The maximum atomic E-state index is 8.89. The van der Waals surface area contributed by atoms with E-state index in [-0.39, 0.29) is 6.61 Å². The van der Waals surface area contributed by atoms with Crippen molar-refractivity contribution in [1.82, 2.24) is 0 Å². The van der Waals surface area contributed by atoms with Gasteiger partial charge in [0.1, 0.15) is 0 Å². The smallest absolute Gasteiger partial charge is 0.0609 e. The summed E-state index contributed by atoms with van der Waals surface area (Å²) >= 11 is 0. The van der Waals surface area contributed by atoms with Crippen LogP contribution in [0.4, 0.5) is 0 Å². The Morgan fingerprint density at radius 2 is 2.07 bits per heavy atom. The summed E-state index contributed by atoms with van der Waals surface area (Å²) in [6.45, 7) is 6.92. The van der Waals surface area contributed by atoms with Crippen molar-refractivity contribution in [1.29, 1.82) is 0 Å². The summed E-state index contributed by atoms with van der Waals surface area (Å²) in [7, 11) is 0. The van der Waals surface area contributed by atoms with Gasteiger partial charge >= 0.3 is 0 Å². The van der Waals surface area contributed by atoms with Gasteiger partial charge in [0.05, 0.1) is 12.2 Å². The molecule has 4 atom stereocenters. The van der Waals surface area contributed by atoms with Crippen LogP contribution < -0.4 is 0 Å². The molecule has 4 unspecified atom stereocenters. The molecule has 2 heteroatoms. The van der Waals surface area contributed by atoms with Gasteiger partial charge in [-0.15, -0.1) is 0 Å². The van der Waals surface area contributed by atoms with Gasteiger partial charge < -0.3 is 9.84 Å². The molecule has 0 aromatic rings. The molecule has 0 spiro atoms. The van der Waals surface area contributed by atoms with E-state index in [0.717, 1.165) is 18.8 Å². The van der Waals surface area contributed by atoms with Crippen LogP contribution in [0.15, 0.2) is 0 Å². The summed E-state index contributed by atoms with van der Waals surface area (Å²) in [5, 5.41) is 8.89. The highest BCUT2D eigenvalue weighted by molar-refractivity contribution is 4.83. The lowest BCUT2D eigenvalue weighted by atomic mass is 9.90. The summed E-state index contributed by atoms with van der Waals surface area (Å²) < 4.78 is 6.02. The molecular weight excluding hydrogens is 176 g/mol. The Bertz CT molecular complexity index is 146. The van der Waals surface area contributed by atoms with Crippen molar-refractivity contribution in [3.8, 4) is 0 Å². The van der Waals surface area contributed by atoms with Crippen molar-refractivity contribution in [2.45, 2.75) is 58.7 Å². The van der Waals surface area contributed by atoms with Crippen molar-refractivity contribution in [2.75, 3.05) is 6.61 Å². The van der Waals surface area contributed by atoms with Crippen LogP contribution in [0.2, 0.25) is 0 Å². The average molecular weight is 200 g/mol. The standard InChI is InChI=1S/C12H24O2/c1-4-10-8-12(9(3)6-7-13)14-11(10)5-2/h9-13H,4-8H2,1-3H3. The van der Waals surface area contributed by atoms with E-state index < -0.39 is 0 Å². The van der Waals surface area contributed by atoms with Gasteiger partial charge in [-0.3, -0.25) is 0 Å². The van der Waals surface area contributed by atoms with E-state index in [9.17, 15) is 0 Å².